The Balaban J connectivity index is 2.21. The molecule has 1 N–H and O–H groups in total. The first-order valence-corrected chi connectivity index (χ1v) is 8.53. The van der Waals surface area contributed by atoms with E-state index in [1.54, 1.807) is 0 Å². The molecule has 0 aliphatic carbocycles. The van der Waals surface area contributed by atoms with E-state index in [9.17, 15) is 5.11 Å². The zero-order valence-corrected chi connectivity index (χ0v) is 16.0. The standard InChI is InChI=1S/C20H33NO2/c1-17(2,13-18(3,4)22)14-23-21-19(5,6)15-11-9-10-12-16(15)20(21,7)8/h9-12,22H,13-14H2,1-8H3. The van der Waals surface area contributed by atoms with Crippen molar-refractivity contribution in [3.63, 3.8) is 0 Å². The average molecular weight is 319 g/mol. The normalized spacial score (nSPS) is 20.6. The van der Waals surface area contributed by atoms with Crippen molar-refractivity contribution < 1.29 is 9.94 Å². The second-order valence-electron chi connectivity index (χ2n) is 9.38. The maximum absolute atomic E-state index is 10.1. The molecule has 1 aromatic carbocycles. The van der Waals surface area contributed by atoms with Crippen molar-refractivity contribution in [1.29, 1.82) is 0 Å². The summed E-state index contributed by atoms with van der Waals surface area (Å²) in [6.45, 7) is 17.4. The van der Waals surface area contributed by atoms with E-state index in [0.717, 1.165) is 0 Å². The molecule has 0 spiro atoms. The summed E-state index contributed by atoms with van der Waals surface area (Å²) in [5.41, 5.74) is 1.51. The summed E-state index contributed by atoms with van der Waals surface area (Å²) in [6.07, 6.45) is 0.696. The maximum Gasteiger partial charge on any atom is 0.0737 e. The van der Waals surface area contributed by atoms with E-state index in [1.165, 1.54) is 11.1 Å². The summed E-state index contributed by atoms with van der Waals surface area (Å²) in [5, 5.41) is 12.3. The number of benzene rings is 1. The van der Waals surface area contributed by atoms with Crippen molar-refractivity contribution in [2.24, 2.45) is 5.41 Å². The van der Waals surface area contributed by atoms with Gasteiger partial charge in [-0.05, 0) is 64.5 Å². The maximum atomic E-state index is 10.1. The quantitative estimate of drug-likeness (QED) is 0.861. The summed E-state index contributed by atoms with van der Waals surface area (Å²) in [6, 6.07) is 8.58. The minimum absolute atomic E-state index is 0.0980. The van der Waals surface area contributed by atoms with Gasteiger partial charge in [-0.25, -0.2) is 0 Å². The molecule has 3 heteroatoms. The zero-order chi connectivity index (χ0) is 17.7. The molecule has 0 radical (unpaired) electrons. The van der Waals surface area contributed by atoms with Gasteiger partial charge in [0.2, 0.25) is 0 Å². The van der Waals surface area contributed by atoms with Gasteiger partial charge in [0.05, 0.1) is 23.3 Å². The van der Waals surface area contributed by atoms with Crippen LogP contribution in [0.2, 0.25) is 0 Å². The molecule has 1 aromatic rings. The van der Waals surface area contributed by atoms with E-state index < -0.39 is 5.60 Å². The predicted octanol–water partition coefficient (Wildman–Crippen LogP) is 4.59. The first-order chi connectivity index (χ1) is 10.3. The van der Waals surface area contributed by atoms with E-state index in [0.29, 0.717) is 13.0 Å². The van der Waals surface area contributed by atoms with E-state index >= 15 is 0 Å². The Labute approximate surface area is 141 Å². The number of rotatable bonds is 5. The molecule has 0 fully saturated rings. The molecule has 0 saturated heterocycles. The van der Waals surface area contributed by atoms with Crippen LogP contribution >= 0.6 is 0 Å². The first kappa shape index (κ1) is 18.4. The Morgan fingerprint density at radius 1 is 0.957 bits per heavy atom. The number of hydrogen-bond acceptors (Lipinski definition) is 3. The molecule has 1 aliphatic rings. The molecule has 1 heterocycles. The Morgan fingerprint density at radius 2 is 1.39 bits per heavy atom. The third-order valence-electron chi connectivity index (χ3n) is 4.76. The lowest BCUT2D eigenvalue weighted by Crippen LogP contribution is -2.47. The highest BCUT2D eigenvalue weighted by atomic mass is 16.7. The second-order valence-corrected chi connectivity index (χ2v) is 9.38. The molecule has 3 nitrogen and oxygen atoms in total. The SMILES string of the molecule is CC(C)(O)CC(C)(C)CON1C(C)(C)c2ccccc2C1(C)C. The topological polar surface area (TPSA) is 32.7 Å². The number of fused-ring (bicyclic) bond motifs is 1. The number of aliphatic hydroxyl groups is 1. The fourth-order valence-corrected chi connectivity index (χ4v) is 4.25. The lowest BCUT2D eigenvalue weighted by Gasteiger charge is -2.42. The Hall–Kier alpha value is -0.900. The molecule has 23 heavy (non-hydrogen) atoms. The monoisotopic (exact) mass is 319 g/mol. The Morgan fingerprint density at radius 3 is 1.78 bits per heavy atom. The molecular formula is C20H33NO2. The summed E-state index contributed by atoms with van der Waals surface area (Å²) in [7, 11) is 0. The molecule has 0 atom stereocenters. The summed E-state index contributed by atoms with van der Waals surface area (Å²) < 4.78 is 0. The van der Waals surface area contributed by atoms with E-state index in [-0.39, 0.29) is 16.5 Å². The van der Waals surface area contributed by atoms with Gasteiger partial charge in [-0.15, -0.1) is 0 Å². The minimum Gasteiger partial charge on any atom is -0.390 e. The smallest absolute Gasteiger partial charge is 0.0737 e. The van der Waals surface area contributed by atoms with Gasteiger partial charge < -0.3 is 5.11 Å². The van der Waals surface area contributed by atoms with Gasteiger partial charge in [0, 0.05) is 0 Å². The van der Waals surface area contributed by atoms with Crippen LogP contribution in [0.5, 0.6) is 0 Å². The van der Waals surface area contributed by atoms with Crippen LogP contribution in [-0.2, 0) is 15.9 Å². The lowest BCUT2D eigenvalue weighted by atomic mass is 9.82. The van der Waals surface area contributed by atoms with Crippen LogP contribution in [0.3, 0.4) is 0 Å². The second kappa shape index (κ2) is 5.58. The van der Waals surface area contributed by atoms with Crippen molar-refractivity contribution in [2.45, 2.75) is 78.5 Å². The van der Waals surface area contributed by atoms with Gasteiger partial charge in [0.1, 0.15) is 0 Å². The molecule has 0 bridgehead atoms. The van der Waals surface area contributed by atoms with Gasteiger partial charge in [-0.2, -0.15) is 5.06 Å². The van der Waals surface area contributed by atoms with Crippen LogP contribution in [0.15, 0.2) is 24.3 Å². The average Bonchev–Trinajstić information content (AvgIpc) is 2.49. The van der Waals surface area contributed by atoms with Crippen molar-refractivity contribution in [3.05, 3.63) is 35.4 Å². The van der Waals surface area contributed by atoms with Crippen LogP contribution in [0.1, 0.15) is 72.9 Å². The zero-order valence-electron chi connectivity index (χ0n) is 16.0. The largest absolute Gasteiger partial charge is 0.390 e. The van der Waals surface area contributed by atoms with E-state index in [4.69, 9.17) is 4.84 Å². The van der Waals surface area contributed by atoms with Crippen molar-refractivity contribution >= 4 is 0 Å². The lowest BCUT2D eigenvalue weighted by molar-refractivity contribution is -0.275. The number of hydroxylamine groups is 2. The molecule has 0 amide bonds. The molecule has 2 rings (SSSR count). The summed E-state index contributed by atoms with van der Waals surface area (Å²) in [5.74, 6) is 0. The Bertz CT molecular complexity index is 532. The predicted molar refractivity (Wildman–Crippen MR) is 95.0 cm³/mol. The number of hydrogen-bond donors (Lipinski definition) is 1. The molecule has 0 saturated carbocycles. The van der Waals surface area contributed by atoms with Crippen LogP contribution in [-0.4, -0.2) is 22.4 Å². The Kier molecular flexibility index (Phi) is 4.47. The van der Waals surface area contributed by atoms with Crippen LogP contribution in [0.25, 0.3) is 0 Å². The van der Waals surface area contributed by atoms with Gasteiger partial charge in [-0.1, -0.05) is 38.1 Å². The highest BCUT2D eigenvalue weighted by molar-refractivity contribution is 5.42. The first-order valence-electron chi connectivity index (χ1n) is 8.53. The summed E-state index contributed by atoms with van der Waals surface area (Å²) in [4.78, 5) is 6.35. The third-order valence-corrected chi connectivity index (χ3v) is 4.76. The van der Waals surface area contributed by atoms with Crippen LogP contribution in [0, 0.1) is 5.41 Å². The van der Waals surface area contributed by atoms with Crippen LogP contribution in [0.4, 0.5) is 0 Å². The van der Waals surface area contributed by atoms with Gasteiger partial charge >= 0.3 is 0 Å². The van der Waals surface area contributed by atoms with Crippen molar-refractivity contribution in [3.8, 4) is 0 Å². The molecule has 1 aliphatic heterocycles. The molecule has 0 aromatic heterocycles. The van der Waals surface area contributed by atoms with Crippen molar-refractivity contribution in [2.75, 3.05) is 6.61 Å². The van der Waals surface area contributed by atoms with Crippen LogP contribution < -0.4 is 0 Å². The minimum atomic E-state index is -0.689. The van der Waals surface area contributed by atoms with E-state index in [2.05, 4.69) is 70.9 Å². The van der Waals surface area contributed by atoms with Gasteiger partial charge in [-0.3, -0.25) is 4.84 Å². The third kappa shape index (κ3) is 3.62. The summed E-state index contributed by atoms with van der Waals surface area (Å²) >= 11 is 0. The molecule has 0 unspecified atom stereocenters. The highest BCUT2D eigenvalue weighted by Crippen LogP contribution is 2.49. The highest BCUT2D eigenvalue weighted by Gasteiger charge is 2.50. The fraction of sp³-hybridized carbons (Fsp3) is 0.700. The van der Waals surface area contributed by atoms with Gasteiger partial charge in [0.15, 0.2) is 0 Å². The van der Waals surface area contributed by atoms with Crippen molar-refractivity contribution in [1.82, 2.24) is 5.06 Å². The number of nitrogens with zero attached hydrogens (tertiary/aromatic N) is 1. The molecular weight excluding hydrogens is 286 g/mol. The van der Waals surface area contributed by atoms with E-state index in [1.807, 2.05) is 13.8 Å². The fourth-order valence-electron chi connectivity index (χ4n) is 4.25. The van der Waals surface area contributed by atoms with Gasteiger partial charge in [0.25, 0.3) is 0 Å². The molecule has 130 valence electrons.